The van der Waals surface area contributed by atoms with Crippen molar-refractivity contribution in [3.8, 4) is 10.6 Å². The minimum absolute atomic E-state index is 0.182. The fraction of sp³-hybridized carbons (Fsp3) is 0.364. The van der Waals surface area contributed by atoms with Crippen LogP contribution in [0.3, 0.4) is 0 Å². The van der Waals surface area contributed by atoms with Gasteiger partial charge in [0.15, 0.2) is 11.5 Å². The van der Waals surface area contributed by atoms with Gasteiger partial charge in [-0.25, -0.2) is 0 Å². The van der Waals surface area contributed by atoms with Crippen LogP contribution in [0.4, 0.5) is 0 Å². The molecule has 1 saturated heterocycles. The van der Waals surface area contributed by atoms with Crippen molar-refractivity contribution in [3.63, 3.8) is 0 Å². The Hall–Kier alpha value is -2.44. The van der Waals surface area contributed by atoms with Gasteiger partial charge >= 0.3 is 0 Å². The highest BCUT2D eigenvalue weighted by molar-refractivity contribution is 7.13. The second-order valence-electron chi connectivity index (χ2n) is 7.12. The molecule has 3 heterocycles. The highest BCUT2D eigenvalue weighted by atomic mass is 32.1. The Bertz CT molecular complexity index is 896. The molecule has 0 radical (unpaired) electrons. The summed E-state index contributed by atoms with van der Waals surface area (Å²) in [7, 11) is 0. The molecule has 3 aromatic rings. The third kappa shape index (κ3) is 4.18. The summed E-state index contributed by atoms with van der Waals surface area (Å²) in [6, 6.07) is 14.6. The monoisotopic (exact) mass is 395 g/mol. The maximum Gasteiger partial charge on any atom is 0.273 e. The number of hydrogen-bond acceptors (Lipinski definition) is 5. The number of carbonyl (C=O) groups excluding carboxylic acids is 1. The number of thiophene rings is 1. The van der Waals surface area contributed by atoms with Gasteiger partial charge in [0, 0.05) is 12.6 Å². The standard InChI is InChI=1S/C22H25N3O2S/c1-2-16-7-9-17(10-8-16)19(25-11-3-4-12-25)15-23-22(26)18-14-20(27-24-18)21-6-5-13-28-21/h5-10,13-14,19H,2-4,11-12,15H2,1H3,(H,23,26)/t19-/m0/s1. The van der Waals surface area contributed by atoms with E-state index in [1.807, 2.05) is 17.5 Å². The Balaban J connectivity index is 1.45. The Labute approximate surface area is 169 Å². The van der Waals surface area contributed by atoms with E-state index in [1.165, 1.54) is 24.0 Å². The summed E-state index contributed by atoms with van der Waals surface area (Å²) in [5, 5.41) is 8.99. The lowest BCUT2D eigenvalue weighted by atomic mass is 10.0. The maximum atomic E-state index is 12.6. The third-order valence-electron chi connectivity index (χ3n) is 5.32. The van der Waals surface area contributed by atoms with Gasteiger partial charge in [0.1, 0.15) is 0 Å². The molecular weight excluding hydrogens is 370 g/mol. The molecule has 6 heteroatoms. The Morgan fingerprint density at radius 2 is 2.04 bits per heavy atom. The zero-order chi connectivity index (χ0) is 19.3. The van der Waals surface area contributed by atoms with Crippen LogP contribution in [-0.2, 0) is 6.42 Å². The first-order chi connectivity index (χ1) is 13.7. The summed E-state index contributed by atoms with van der Waals surface area (Å²) in [5.74, 6) is 0.437. The molecular formula is C22H25N3O2S. The van der Waals surface area contributed by atoms with Crippen LogP contribution in [0.25, 0.3) is 10.6 Å². The van der Waals surface area contributed by atoms with E-state index in [1.54, 1.807) is 17.4 Å². The Kier molecular flexibility index (Phi) is 5.88. The first-order valence-electron chi connectivity index (χ1n) is 9.86. The van der Waals surface area contributed by atoms with Crippen molar-refractivity contribution in [1.82, 2.24) is 15.4 Å². The molecule has 1 aliphatic heterocycles. The van der Waals surface area contributed by atoms with Gasteiger partial charge in [-0.1, -0.05) is 42.4 Å². The molecule has 0 saturated carbocycles. The number of aromatic nitrogens is 1. The second-order valence-corrected chi connectivity index (χ2v) is 8.07. The number of carbonyl (C=O) groups is 1. The Morgan fingerprint density at radius 3 is 2.71 bits per heavy atom. The van der Waals surface area contributed by atoms with E-state index >= 15 is 0 Å². The van der Waals surface area contributed by atoms with Gasteiger partial charge in [0.05, 0.1) is 10.9 Å². The molecule has 1 atom stereocenters. The molecule has 146 valence electrons. The summed E-state index contributed by atoms with van der Waals surface area (Å²) in [4.78, 5) is 16.1. The highest BCUT2D eigenvalue weighted by Gasteiger charge is 2.24. The van der Waals surface area contributed by atoms with Gasteiger partial charge in [-0.05, 0) is 54.9 Å². The number of aryl methyl sites for hydroxylation is 1. The number of amides is 1. The molecule has 28 heavy (non-hydrogen) atoms. The summed E-state index contributed by atoms with van der Waals surface area (Å²) >= 11 is 1.56. The molecule has 0 spiro atoms. The number of hydrogen-bond donors (Lipinski definition) is 1. The lowest BCUT2D eigenvalue weighted by molar-refractivity contribution is 0.0929. The predicted molar refractivity (Wildman–Crippen MR) is 112 cm³/mol. The van der Waals surface area contributed by atoms with E-state index in [0.717, 1.165) is 24.4 Å². The highest BCUT2D eigenvalue weighted by Crippen LogP contribution is 2.26. The van der Waals surface area contributed by atoms with Crippen LogP contribution in [0.1, 0.15) is 47.4 Å². The van der Waals surface area contributed by atoms with E-state index in [9.17, 15) is 4.79 Å². The van der Waals surface area contributed by atoms with Gasteiger partial charge in [-0.15, -0.1) is 11.3 Å². The van der Waals surface area contributed by atoms with E-state index < -0.39 is 0 Å². The normalized spacial score (nSPS) is 15.6. The van der Waals surface area contributed by atoms with Gasteiger partial charge in [-0.3, -0.25) is 9.69 Å². The number of nitrogens with zero attached hydrogens (tertiary/aromatic N) is 2. The van der Waals surface area contributed by atoms with Crippen LogP contribution in [0.2, 0.25) is 0 Å². The fourth-order valence-corrected chi connectivity index (χ4v) is 4.36. The summed E-state index contributed by atoms with van der Waals surface area (Å²) in [5.41, 5.74) is 2.90. The van der Waals surface area contributed by atoms with Crippen LogP contribution in [0.15, 0.2) is 52.4 Å². The third-order valence-corrected chi connectivity index (χ3v) is 6.20. The zero-order valence-electron chi connectivity index (χ0n) is 16.1. The van der Waals surface area contributed by atoms with Crippen LogP contribution in [0.5, 0.6) is 0 Å². The van der Waals surface area contributed by atoms with E-state index in [0.29, 0.717) is 18.0 Å². The van der Waals surface area contributed by atoms with Crippen LogP contribution in [-0.4, -0.2) is 35.6 Å². The predicted octanol–water partition coefficient (Wildman–Crippen LogP) is 4.53. The van der Waals surface area contributed by atoms with Crippen molar-refractivity contribution < 1.29 is 9.32 Å². The molecule has 1 fully saturated rings. The van der Waals surface area contributed by atoms with Crippen LogP contribution >= 0.6 is 11.3 Å². The molecule has 1 amide bonds. The average Bonchev–Trinajstić information content (AvgIpc) is 3.50. The van der Waals surface area contributed by atoms with E-state index in [-0.39, 0.29) is 11.9 Å². The first kappa shape index (κ1) is 18.9. The molecule has 0 aliphatic carbocycles. The van der Waals surface area contributed by atoms with Gasteiger partial charge in [0.25, 0.3) is 5.91 Å². The zero-order valence-corrected chi connectivity index (χ0v) is 16.9. The van der Waals surface area contributed by atoms with Crippen molar-refractivity contribution >= 4 is 17.2 Å². The topological polar surface area (TPSA) is 58.4 Å². The first-order valence-corrected chi connectivity index (χ1v) is 10.7. The molecule has 1 aromatic carbocycles. The number of rotatable bonds is 7. The lowest BCUT2D eigenvalue weighted by Gasteiger charge is -2.28. The lowest BCUT2D eigenvalue weighted by Crippen LogP contribution is -2.36. The van der Waals surface area contributed by atoms with Gasteiger partial charge in [0.2, 0.25) is 0 Å². The van der Waals surface area contributed by atoms with Crippen LogP contribution < -0.4 is 5.32 Å². The van der Waals surface area contributed by atoms with Crippen molar-refractivity contribution in [2.45, 2.75) is 32.2 Å². The Morgan fingerprint density at radius 1 is 1.25 bits per heavy atom. The van der Waals surface area contributed by atoms with Crippen molar-refractivity contribution in [2.24, 2.45) is 0 Å². The van der Waals surface area contributed by atoms with Gasteiger partial charge in [-0.2, -0.15) is 0 Å². The maximum absolute atomic E-state index is 12.6. The molecule has 0 unspecified atom stereocenters. The van der Waals surface area contributed by atoms with E-state index in [2.05, 4.69) is 46.6 Å². The second kappa shape index (κ2) is 8.71. The van der Waals surface area contributed by atoms with Crippen molar-refractivity contribution in [3.05, 3.63) is 64.7 Å². The molecule has 1 N–H and O–H groups in total. The molecule has 4 rings (SSSR count). The van der Waals surface area contributed by atoms with Crippen LogP contribution in [0, 0.1) is 0 Å². The SMILES string of the molecule is CCc1ccc([C@H](CNC(=O)c2cc(-c3cccs3)on2)N2CCCC2)cc1. The molecule has 5 nitrogen and oxygen atoms in total. The largest absolute Gasteiger partial charge is 0.355 e. The molecule has 1 aliphatic rings. The quantitative estimate of drug-likeness (QED) is 0.638. The number of nitrogens with one attached hydrogen (secondary N) is 1. The minimum Gasteiger partial charge on any atom is -0.355 e. The number of benzene rings is 1. The average molecular weight is 396 g/mol. The summed E-state index contributed by atoms with van der Waals surface area (Å²) in [6.45, 7) is 4.87. The summed E-state index contributed by atoms with van der Waals surface area (Å²) < 4.78 is 5.34. The smallest absolute Gasteiger partial charge is 0.273 e. The summed E-state index contributed by atoms with van der Waals surface area (Å²) in [6.07, 6.45) is 3.46. The number of likely N-dealkylation sites (tertiary alicyclic amines) is 1. The molecule has 2 aromatic heterocycles. The molecule has 0 bridgehead atoms. The van der Waals surface area contributed by atoms with E-state index in [4.69, 9.17) is 4.52 Å². The fourth-order valence-electron chi connectivity index (χ4n) is 3.68. The minimum atomic E-state index is -0.194. The van der Waals surface area contributed by atoms with Crippen molar-refractivity contribution in [2.75, 3.05) is 19.6 Å². The van der Waals surface area contributed by atoms with Crippen molar-refractivity contribution in [1.29, 1.82) is 0 Å². The van der Waals surface area contributed by atoms with Gasteiger partial charge < -0.3 is 9.84 Å².